The molecule has 1 N–H and O–H groups in total. The molecule has 0 atom stereocenters. The predicted octanol–water partition coefficient (Wildman–Crippen LogP) is 5.03. The van der Waals surface area contributed by atoms with Gasteiger partial charge in [-0.05, 0) is 61.7 Å². The number of hydrogen-bond donors (Lipinski definition) is 1. The molecular formula is C26H25ClFN5O. The Morgan fingerprint density at radius 3 is 2.62 bits per heavy atom. The van der Waals surface area contributed by atoms with E-state index in [1.165, 1.54) is 12.1 Å². The van der Waals surface area contributed by atoms with Crippen molar-refractivity contribution in [1.29, 1.82) is 0 Å². The maximum atomic E-state index is 13.3. The van der Waals surface area contributed by atoms with Gasteiger partial charge in [0.25, 0.3) is 0 Å². The first kappa shape index (κ1) is 22.3. The van der Waals surface area contributed by atoms with Crippen LogP contribution in [-0.4, -0.2) is 33.6 Å². The summed E-state index contributed by atoms with van der Waals surface area (Å²) in [4.78, 5) is 19.6. The molecule has 0 spiro atoms. The SMILES string of the molecule is Cc1cc(N2CCC(C(=O)NCc3cccc(Cl)c3)CC2)n2nc(-c3ccc(F)cc3)cc2n1. The highest BCUT2D eigenvalue weighted by Gasteiger charge is 2.26. The molecule has 0 aliphatic carbocycles. The molecule has 1 saturated heterocycles. The number of benzene rings is 2. The Morgan fingerprint density at radius 1 is 1.12 bits per heavy atom. The van der Waals surface area contributed by atoms with Crippen LogP contribution in [0.5, 0.6) is 0 Å². The first-order valence-electron chi connectivity index (χ1n) is 11.4. The second kappa shape index (κ2) is 9.43. The second-order valence-electron chi connectivity index (χ2n) is 8.67. The molecule has 0 bridgehead atoms. The minimum absolute atomic E-state index is 0.0266. The van der Waals surface area contributed by atoms with Crippen LogP contribution in [0.25, 0.3) is 16.9 Å². The minimum atomic E-state index is -0.276. The van der Waals surface area contributed by atoms with Crippen molar-refractivity contribution in [2.45, 2.75) is 26.3 Å². The standard InChI is InChI=1S/C26H25ClFN5O/c1-17-13-25(33-24(30-17)15-23(31-33)19-5-7-22(28)8-6-19)32-11-9-20(10-12-32)26(34)29-16-18-3-2-4-21(27)14-18/h2-8,13-15,20H,9-12,16H2,1H3,(H,29,34). The average Bonchev–Trinajstić information content (AvgIpc) is 3.26. The lowest BCUT2D eigenvalue weighted by Gasteiger charge is -2.33. The number of rotatable bonds is 5. The lowest BCUT2D eigenvalue weighted by molar-refractivity contribution is -0.125. The molecule has 1 amide bonds. The van der Waals surface area contributed by atoms with Crippen molar-refractivity contribution in [3.05, 3.63) is 82.8 Å². The normalized spacial score (nSPS) is 14.5. The van der Waals surface area contributed by atoms with Gasteiger partial charge in [-0.1, -0.05) is 23.7 Å². The van der Waals surface area contributed by atoms with Crippen molar-refractivity contribution in [1.82, 2.24) is 19.9 Å². The molecule has 5 rings (SSSR count). The molecule has 174 valence electrons. The quantitative estimate of drug-likeness (QED) is 0.438. The number of carbonyl (C=O) groups excluding carboxylic acids is 1. The molecule has 1 fully saturated rings. The molecule has 1 aliphatic heterocycles. The van der Waals surface area contributed by atoms with E-state index in [0.29, 0.717) is 11.6 Å². The van der Waals surface area contributed by atoms with E-state index in [4.69, 9.17) is 16.7 Å². The smallest absolute Gasteiger partial charge is 0.223 e. The summed E-state index contributed by atoms with van der Waals surface area (Å²) in [6.45, 7) is 3.94. The average molecular weight is 478 g/mol. The Labute approximate surface area is 202 Å². The van der Waals surface area contributed by atoms with Crippen molar-refractivity contribution >= 4 is 29.0 Å². The number of piperidine rings is 1. The molecule has 0 radical (unpaired) electrons. The number of amides is 1. The van der Waals surface area contributed by atoms with Crippen LogP contribution >= 0.6 is 11.6 Å². The van der Waals surface area contributed by atoms with Gasteiger partial charge in [-0.15, -0.1) is 0 Å². The van der Waals surface area contributed by atoms with Crippen LogP contribution in [0.2, 0.25) is 5.02 Å². The molecule has 0 unspecified atom stereocenters. The van der Waals surface area contributed by atoms with E-state index >= 15 is 0 Å². The highest BCUT2D eigenvalue weighted by Crippen LogP contribution is 2.27. The molecule has 4 aromatic rings. The van der Waals surface area contributed by atoms with E-state index in [1.807, 2.05) is 47.8 Å². The number of fused-ring (bicyclic) bond motifs is 1. The van der Waals surface area contributed by atoms with Crippen LogP contribution in [0.15, 0.2) is 60.7 Å². The maximum Gasteiger partial charge on any atom is 0.223 e. The number of hydrogen-bond acceptors (Lipinski definition) is 4. The number of nitrogens with zero attached hydrogens (tertiary/aromatic N) is 4. The van der Waals surface area contributed by atoms with Crippen LogP contribution in [0.4, 0.5) is 10.2 Å². The summed E-state index contributed by atoms with van der Waals surface area (Å²) in [7, 11) is 0. The van der Waals surface area contributed by atoms with Gasteiger partial charge in [-0.2, -0.15) is 9.61 Å². The Kier molecular flexibility index (Phi) is 6.20. The van der Waals surface area contributed by atoms with Gasteiger partial charge in [0.2, 0.25) is 5.91 Å². The van der Waals surface area contributed by atoms with E-state index in [9.17, 15) is 9.18 Å². The zero-order chi connectivity index (χ0) is 23.7. The van der Waals surface area contributed by atoms with Crippen molar-refractivity contribution in [2.75, 3.05) is 18.0 Å². The Hall–Kier alpha value is -3.45. The molecule has 2 aromatic heterocycles. The summed E-state index contributed by atoms with van der Waals surface area (Å²) in [6, 6.07) is 17.8. The second-order valence-corrected chi connectivity index (χ2v) is 9.11. The van der Waals surface area contributed by atoms with E-state index < -0.39 is 0 Å². The third-order valence-electron chi connectivity index (χ3n) is 6.22. The van der Waals surface area contributed by atoms with Crippen molar-refractivity contribution in [3.63, 3.8) is 0 Å². The fourth-order valence-corrected chi connectivity index (χ4v) is 4.63. The van der Waals surface area contributed by atoms with Gasteiger partial charge in [0.05, 0.1) is 5.69 Å². The Bertz CT molecular complexity index is 1330. The van der Waals surface area contributed by atoms with Crippen LogP contribution in [0.1, 0.15) is 24.1 Å². The van der Waals surface area contributed by atoms with Gasteiger partial charge in [-0.3, -0.25) is 4.79 Å². The topological polar surface area (TPSA) is 62.5 Å². The summed E-state index contributed by atoms with van der Waals surface area (Å²) in [5.41, 5.74) is 4.22. The Balaban J connectivity index is 1.28. The van der Waals surface area contributed by atoms with Crippen molar-refractivity contribution in [2.24, 2.45) is 5.92 Å². The van der Waals surface area contributed by atoms with Crippen molar-refractivity contribution in [3.8, 4) is 11.3 Å². The first-order chi connectivity index (χ1) is 16.5. The molecule has 2 aromatic carbocycles. The number of aryl methyl sites for hydroxylation is 1. The van der Waals surface area contributed by atoms with Crippen LogP contribution in [0, 0.1) is 18.7 Å². The summed E-state index contributed by atoms with van der Waals surface area (Å²) in [5.74, 6) is 0.727. The maximum absolute atomic E-state index is 13.3. The van der Waals surface area contributed by atoms with Crippen LogP contribution in [0.3, 0.4) is 0 Å². The highest BCUT2D eigenvalue weighted by molar-refractivity contribution is 6.30. The largest absolute Gasteiger partial charge is 0.356 e. The third kappa shape index (κ3) is 4.75. The van der Waals surface area contributed by atoms with Gasteiger partial charge in [-0.25, -0.2) is 9.37 Å². The molecule has 1 aliphatic rings. The minimum Gasteiger partial charge on any atom is -0.356 e. The summed E-state index contributed by atoms with van der Waals surface area (Å²) < 4.78 is 15.2. The predicted molar refractivity (Wildman–Crippen MR) is 131 cm³/mol. The number of carbonyl (C=O) groups is 1. The van der Waals surface area contributed by atoms with Gasteiger partial charge >= 0.3 is 0 Å². The number of aromatic nitrogens is 3. The molecule has 8 heteroatoms. The van der Waals surface area contributed by atoms with E-state index in [0.717, 1.165) is 59.9 Å². The zero-order valence-corrected chi connectivity index (χ0v) is 19.6. The number of halogens is 2. The number of anilines is 1. The monoisotopic (exact) mass is 477 g/mol. The van der Waals surface area contributed by atoms with E-state index in [2.05, 4.69) is 15.2 Å². The van der Waals surface area contributed by atoms with E-state index in [1.54, 1.807) is 12.1 Å². The van der Waals surface area contributed by atoms with Gasteiger partial charge in [0.1, 0.15) is 11.6 Å². The third-order valence-corrected chi connectivity index (χ3v) is 6.46. The lowest BCUT2D eigenvalue weighted by atomic mass is 9.95. The zero-order valence-electron chi connectivity index (χ0n) is 18.8. The lowest BCUT2D eigenvalue weighted by Crippen LogP contribution is -2.41. The fraction of sp³-hybridized carbons (Fsp3) is 0.269. The van der Waals surface area contributed by atoms with Gasteiger partial charge in [0.15, 0.2) is 5.65 Å². The van der Waals surface area contributed by atoms with Crippen LogP contribution in [-0.2, 0) is 11.3 Å². The number of nitrogens with one attached hydrogen (secondary N) is 1. The first-order valence-corrected chi connectivity index (χ1v) is 11.7. The molecule has 0 saturated carbocycles. The molecule has 6 nitrogen and oxygen atoms in total. The van der Waals surface area contributed by atoms with Crippen molar-refractivity contribution < 1.29 is 9.18 Å². The van der Waals surface area contributed by atoms with Gasteiger partial charge in [0, 0.05) is 54.0 Å². The fourth-order valence-electron chi connectivity index (χ4n) is 4.42. The molecule has 34 heavy (non-hydrogen) atoms. The summed E-state index contributed by atoms with van der Waals surface area (Å²) in [6.07, 6.45) is 1.52. The van der Waals surface area contributed by atoms with E-state index in [-0.39, 0.29) is 17.6 Å². The molecule has 3 heterocycles. The van der Waals surface area contributed by atoms with Gasteiger partial charge < -0.3 is 10.2 Å². The summed E-state index contributed by atoms with van der Waals surface area (Å²) in [5, 5.41) is 8.46. The Morgan fingerprint density at radius 2 is 1.88 bits per heavy atom. The summed E-state index contributed by atoms with van der Waals surface area (Å²) >= 11 is 6.03. The van der Waals surface area contributed by atoms with Crippen LogP contribution < -0.4 is 10.2 Å². The molecular weight excluding hydrogens is 453 g/mol. The highest BCUT2D eigenvalue weighted by atomic mass is 35.5.